The molecule has 1 heterocycles. The van der Waals surface area contributed by atoms with Gasteiger partial charge in [0.05, 0.1) is 24.4 Å². The highest BCUT2D eigenvalue weighted by Crippen LogP contribution is 2.25. The first-order valence-electron chi connectivity index (χ1n) is 9.12. The number of ether oxygens (including phenoxy) is 1. The van der Waals surface area contributed by atoms with Gasteiger partial charge in [-0.1, -0.05) is 48.5 Å². The maximum absolute atomic E-state index is 12.8. The zero-order valence-electron chi connectivity index (χ0n) is 15.8. The Morgan fingerprint density at radius 1 is 1.03 bits per heavy atom. The van der Waals surface area contributed by atoms with Gasteiger partial charge in [0.25, 0.3) is 5.56 Å². The minimum Gasteiger partial charge on any atom is -0.504 e. The van der Waals surface area contributed by atoms with E-state index in [2.05, 4.69) is 10.2 Å². The number of nitrogens with zero attached hydrogens (tertiary/aromatic N) is 3. The zero-order chi connectivity index (χ0) is 20.2. The summed E-state index contributed by atoms with van der Waals surface area (Å²) in [5.41, 5.74) is 2.18. The maximum atomic E-state index is 12.8. The number of aromatic nitrogens is 2. The number of hydrogen-bond donors (Lipinski definition) is 1. The molecule has 0 radical (unpaired) electrons. The van der Waals surface area contributed by atoms with E-state index in [1.54, 1.807) is 18.2 Å². The van der Waals surface area contributed by atoms with Crippen molar-refractivity contribution < 1.29 is 9.84 Å². The molecule has 0 saturated carbocycles. The Kier molecular flexibility index (Phi) is 5.07. The third-order valence-electron chi connectivity index (χ3n) is 4.60. The standard InChI is InChI=1S/C23H19N3O3/c1-29-22-12-11-17(14-21(22)27)15-24-26-23(28)19-10-6-5-9-18(19)20(25-26)13-16-7-3-2-4-8-16/h2-12,14-15,27H,13H2,1H3. The minimum atomic E-state index is -0.300. The monoisotopic (exact) mass is 385 g/mol. The second-order valence-electron chi connectivity index (χ2n) is 6.53. The van der Waals surface area contributed by atoms with Crippen LogP contribution in [0.25, 0.3) is 10.8 Å². The number of fused-ring (bicyclic) bond motifs is 1. The second-order valence-corrected chi connectivity index (χ2v) is 6.53. The molecule has 0 amide bonds. The van der Waals surface area contributed by atoms with E-state index < -0.39 is 0 Å². The Labute approximate surface area is 167 Å². The van der Waals surface area contributed by atoms with Crippen molar-refractivity contribution in [2.45, 2.75) is 6.42 Å². The summed E-state index contributed by atoms with van der Waals surface area (Å²) in [7, 11) is 1.48. The Hall–Kier alpha value is -3.93. The van der Waals surface area contributed by atoms with Gasteiger partial charge in [-0.3, -0.25) is 4.79 Å². The smallest absolute Gasteiger partial charge is 0.295 e. The molecule has 0 atom stereocenters. The first kappa shape index (κ1) is 18.4. The van der Waals surface area contributed by atoms with Gasteiger partial charge in [-0.25, -0.2) is 0 Å². The highest BCUT2D eigenvalue weighted by molar-refractivity contribution is 5.84. The predicted octanol–water partition coefficient (Wildman–Crippen LogP) is 3.58. The second kappa shape index (κ2) is 7.98. The van der Waals surface area contributed by atoms with Crippen LogP contribution in [-0.4, -0.2) is 28.3 Å². The lowest BCUT2D eigenvalue weighted by atomic mass is 10.0. The molecule has 6 heteroatoms. The molecular formula is C23H19N3O3. The fourth-order valence-corrected chi connectivity index (χ4v) is 3.15. The summed E-state index contributed by atoms with van der Waals surface area (Å²) < 4.78 is 5.04. The molecule has 4 rings (SSSR count). The number of hydrogen-bond acceptors (Lipinski definition) is 5. The summed E-state index contributed by atoms with van der Waals surface area (Å²) >= 11 is 0. The molecule has 3 aromatic carbocycles. The van der Waals surface area contributed by atoms with Crippen LogP contribution in [0, 0.1) is 0 Å². The summed E-state index contributed by atoms with van der Waals surface area (Å²) in [5, 5.41) is 20.0. The van der Waals surface area contributed by atoms with Crippen LogP contribution >= 0.6 is 0 Å². The molecule has 0 aliphatic carbocycles. The van der Waals surface area contributed by atoms with Gasteiger partial charge < -0.3 is 9.84 Å². The van der Waals surface area contributed by atoms with E-state index in [1.165, 1.54) is 19.4 Å². The molecule has 29 heavy (non-hydrogen) atoms. The number of rotatable bonds is 5. The molecule has 144 valence electrons. The maximum Gasteiger partial charge on any atom is 0.295 e. The van der Waals surface area contributed by atoms with Crippen molar-refractivity contribution in [2.24, 2.45) is 5.10 Å². The van der Waals surface area contributed by atoms with Gasteiger partial charge in [0.2, 0.25) is 0 Å². The van der Waals surface area contributed by atoms with E-state index >= 15 is 0 Å². The van der Waals surface area contributed by atoms with E-state index in [1.807, 2.05) is 48.5 Å². The van der Waals surface area contributed by atoms with Crippen LogP contribution in [0.2, 0.25) is 0 Å². The lowest BCUT2D eigenvalue weighted by Crippen LogP contribution is -2.21. The van der Waals surface area contributed by atoms with E-state index in [0.717, 1.165) is 21.4 Å². The average Bonchev–Trinajstić information content (AvgIpc) is 2.76. The van der Waals surface area contributed by atoms with Gasteiger partial charge in [-0.15, -0.1) is 4.79 Å². The van der Waals surface area contributed by atoms with Crippen LogP contribution in [0.1, 0.15) is 16.8 Å². The van der Waals surface area contributed by atoms with Crippen molar-refractivity contribution in [3.63, 3.8) is 0 Å². The molecule has 0 aliphatic heterocycles. The Bertz CT molecular complexity index is 1250. The Morgan fingerprint density at radius 2 is 1.76 bits per heavy atom. The van der Waals surface area contributed by atoms with E-state index in [4.69, 9.17) is 4.74 Å². The highest BCUT2D eigenvalue weighted by Gasteiger charge is 2.10. The molecule has 4 aromatic rings. The molecule has 0 aliphatic rings. The van der Waals surface area contributed by atoms with Crippen LogP contribution in [0.4, 0.5) is 0 Å². The van der Waals surface area contributed by atoms with E-state index in [9.17, 15) is 9.90 Å². The molecule has 0 bridgehead atoms. The van der Waals surface area contributed by atoms with Gasteiger partial charge in [-0.05, 0) is 35.4 Å². The zero-order valence-corrected chi connectivity index (χ0v) is 15.8. The van der Waals surface area contributed by atoms with Crippen molar-refractivity contribution in [3.05, 3.63) is 100.0 Å². The van der Waals surface area contributed by atoms with Crippen LogP contribution in [-0.2, 0) is 6.42 Å². The number of benzene rings is 3. The number of phenols is 1. The van der Waals surface area contributed by atoms with Gasteiger partial charge in [-0.2, -0.15) is 10.2 Å². The Balaban J connectivity index is 1.77. The van der Waals surface area contributed by atoms with Crippen molar-refractivity contribution in [1.82, 2.24) is 9.89 Å². The quantitative estimate of drug-likeness (QED) is 0.533. The summed E-state index contributed by atoms with van der Waals surface area (Å²) in [6.07, 6.45) is 2.06. The predicted molar refractivity (Wildman–Crippen MR) is 113 cm³/mol. The molecule has 0 unspecified atom stereocenters. The molecule has 6 nitrogen and oxygen atoms in total. The number of phenolic OH excluding ortho intramolecular Hbond substituents is 1. The van der Waals surface area contributed by atoms with Crippen LogP contribution < -0.4 is 10.3 Å². The molecule has 1 N–H and O–H groups in total. The third kappa shape index (κ3) is 3.87. The van der Waals surface area contributed by atoms with Crippen molar-refractivity contribution in [2.75, 3.05) is 7.11 Å². The normalized spacial score (nSPS) is 11.2. The van der Waals surface area contributed by atoms with Gasteiger partial charge >= 0.3 is 0 Å². The lowest BCUT2D eigenvalue weighted by Gasteiger charge is -2.08. The van der Waals surface area contributed by atoms with Gasteiger partial charge in [0.1, 0.15) is 0 Å². The fraction of sp³-hybridized carbons (Fsp3) is 0.0870. The highest BCUT2D eigenvalue weighted by atomic mass is 16.5. The molecule has 0 saturated heterocycles. The van der Waals surface area contributed by atoms with Crippen molar-refractivity contribution in [3.8, 4) is 11.5 Å². The van der Waals surface area contributed by atoms with Gasteiger partial charge in [0.15, 0.2) is 11.5 Å². The Morgan fingerprint density at radius 3 is 2.48 bits per heavy atom. The number of aromatic hydroxyl groups is 1. The molecule has 1 aromatic heterocycles. The first-order chi connectivity index (χ1) is 14.2. The number of methoxy groups -OCH3 is 1. The molecule has 0 fully saturated rings. The third-order valence-corrected chi connectivity index (χ3v) is 4.60. The van der Waals surface area contributed by atoms with Crippen LogP contribution in [0.3, 0.4) is 0 Å². The first-order valence-corrected chi connectivity index (χ1v) is 9.12. The lowest BCUT2D eigenvalue weighted by molar-refractivity contribution is 0.373. The topological polar surface area (TPSA) is 76.7 Å². The largest absolute Gasteiger partial charge is 0.504 e. The van der Waals surface area contributed by atoms with Gasteiger partial charge in [0, 0.05) is 11.8 Å². The summed E-state index contributed by atoms with van der Waals surface area (Å²) in [6, 6.07) is 22.2. The van der Waals surface area contributed by atoms with Crippen LogP contribution in [0.15, 0.2) is 82.7 Å². The molecular weight excluding hydrogens is 366 g/mol. The SMILES string of the molecule is COc1ccc(C=Nn2nc(Cc3ccccc3)c3ccccc3c2=O)cc1O. The van der Waals surface area contributed by atoms with Crippen molar-refractivity contribution >= 4 is 17.0 Å². The fourth-order valence-electron chi connectivity index (χ4n) is 3.15. The molecule has 0 spiro atoms. The van der Waals surface area contributed by atoms with E-state index in [0.29, 0.717) is 23.1 Å². The summed E-state index contributed by atoms with van der Waals surface area (Å²) in [5.74, 6) is 0.369. The van der Waals surface area contributed by atoms with Crippen molar-refractivity contribution in [1.29, 1.82) is 0 Å². The van der Waals surface area contributed by atoms with E-state index in [-0.39, 0.29) is 11.3 Å². The minimum absolute atomic E-state index is 0.0000317. The van der Waals surface area contributed by atoms with Crippen LogP contribution in [0.5, 0.6) is 11.5 Å². The summed E-state index contributed by atoms with van der Waals surface area (Å²) in [6.45, 7) is 0. The average molecular weight is 385 g/mol. The summed E-state index contributed by atoms with van der Waals surface area (Å²) in [4.78, 5) is 13.9.